The molecular formula is C27H29ClN4O2. The number of rotatable bonds is 5. The van der Waals surface area contributed by atoms with E-state index in [2.05, 4.69) is 29.3 Å². The van der Waals surface area contributed by atoms with Crippen LogP contribution in [0.15, 0.2) is 48.5 Å². The summed E-state index contributed by atoms with van der Waals surface area (Å²) in [6.45, 7) is 3.42. The lowest BCUT2D eigenvalue weighted by molar-refractivity contribution is -0.117. The molecule has 2 aliphatic rings. The van der Waals surface area contributed by atoms with E-state index in [4.69, 9.17) is 11.6 Å². The maximum atomic E-state index is 13.4. The molecule has 1 saturated heterocycles. The fraction of sp³-hybridized carbons (Fsp3) is 0.333. The number of nitrogens with zero attached hydrogens (tertiary/aromatic N) is 2. The zero-order valence-corrected chi connectivity index (χ0v) is 20.4. The Kier molecular flexibility index (Phi) is 5.96. The van der Waals surface area contributed by atoms with E-state index < -0.39 is 5.92 Å². The van der Waals surface area contributed by atoms with Crippen LogP contribution < -0.4 is 5.32 Å². The molecule has 2 atom stereocenters. The fourth-order valence-corrected chi connectivity index (χ4v) is 5.41. The van der Waals surface area contributed by atoms with E-state index in [1.807, 2.05) is 60.4 Å². The van der Waals surface area contributed by atoms with Crippen molar-refractivity contribution in [1.82, 2.24) is 14.8 Å². The Morgan fingerprint density at radius 1 is 1.18 bits per heavy atom. The number of aromatic nitrogens is 1. The van der Waals surface area contributed by atoms with Crippen molar-refractivity contribution >= 4 is 29.1 Å². The second-order valence-electron chi connectivity index (χ2n) is 9.52. The Labute approximate surface area is 204 Å². The lowest BCUT2D eigenvalue weighted by Crippen LogP contribution is -2.34. The van der Waals surface area contributed by atoms with Gasteiger partial charge in [0.2, 0.25) is 5.91 Å². The van der Waals surface area contributed by atoms with E-state index in [1.54, 1.807) is 0 Å². The summed E-state index contributed by atoms with van der Waals surface area (Å²) in [5.41, 5.74) is 6.11. The maximum Gasteiger partial charge on any atom is 0.255 e. The summed E-state index contributed by atoms with van der Waals surface area (Å²) in [7, 11) is 4.11. The number of carbonyl (C=O) groups is 2. The smallest absolute Gasteiger partial charge is 0.255 e. The van der Waals surface area contributed by atoms with E-state index in [1.165, 1.54) is 0 Å². The number of hydrogen-bond donors (Lipinski definition) is 2. The number of benzene rings is 2. The molecule has 2 amide bonds. The molecule has 2 aromatic carbocycles. The first-order valence-electron chi connectivity index (χ1n) is 11.7. The lowest BCUT2D eigenvalue weighted by Gasteiger charge is -2.21. The molecule has 0 aliphatic carbocycles. The van der Waals surface area contributed by atoms with Crippen molar-refractivity contribution in [3.63, 3.8) is 0 Å². The summed E-state index contributed by atoms with van der Waals surface area (Å²) in [5.74, 6) is -0.419. The summed E-state index contributed by atoms with van der Waals surface area (Å²) in [5, 5.41) is 3.69. The minimum Gasteiger partial charge on any atom is -0.362 e. The highest BCUT2D eigenvalue weighted by molar-refractivity contribution is 6.30. The van der Waals surface area contributed by atoms with Crippen molar-refractivity contribution in [2.45, 2.75) is 31.7 Å². The fourth-order valence-electron chi connectivity index (χ4n) is 5.22. The zero-order chi connectivity index (χ0) is 24.0. The van der Waals surface area contributed by atoms with Crippen molar-refractivity contribution in [3.05, 3.63) is 76.1 Å². The largest absolute Gasteiger partial charge is 0.362 e. The van der Waals surface area contributed by atoms with Gasteiger partial charge in [0.1, 0.15) is 0 Å². The van der Waals surface area contributed by atoms with Gasteiger partial charge in [-0.3, -0.25) is 9.59 Å². The summed E-state index contributed by atoms with van der Waals surface area (Å²) >= 11 is 6.26. The summed E-state index contributed by atoms with van der Waals surface area (Å²) in [6.07, 6.45) is 1.40. The second-order valence-corrected chi connectivity index (χ2v) is 9.96. The first-order chi connectivity index (χ1) is 16.3. The number of amides is 2. The average Bonchev–Trinajstić information content (AvgIpc) is 3.51. The molecule has 1 aromatic heterocycles. The number of likely N-dealkylation sites (tertiary alicyclic amines) is 1. The standard InChI is InChI=1S/C27H29ClN4O2/c1-16-12-21(27(34)32-11-10-19(15-32)31(2)3)24(29-16)14-22-25-20(17-6-4-7-18(28)13-17)8-5-9-23(25)30-26(22)33/h4-9,12-13,19,22,29H,10-11,14-15H2,1-3H3,(H,30,33)/t19-,22?/m1/s1. The minimum absolute atomic E-state index is 0.0328. The molecule has 1 fully saturated rings. The quantitative estimate of drug-likeness (QED) is 0.561. The predicted molar refractivity (Wildman–Crippen MR) is 135 cm³/mol. The molecule has 176 valence electrons. The number of fused-ring (bicyclic) bond motifs is 1. The predicted octanol–water partition coefficient (Wildman–Crippen LogP) is 4.70. The van der Waals surface area contributed by atoms with Gasteiger partial charge in [0, 0.05) is 47.7 Å². The van der Waals surface area contributed by atoms with Crippen LogP contribution in [0.2, 0.25) is 5.02 Å². The van der Waals surface area contributed by atoms with Gasteiger partial charge in [-0.15, -0.1) is 0 Å². The van der Waals surface area contributed by atoms with E-state index in [0.29, 0.717) is 23.0 Å². The van der Waals surface area contributed by atoms with E-state index in [9.17, 15) is 9.59 Å². The van der Waals surface area contributed by atoms with Gasteiger partial charge >= 0.3 is 0 Å². The number of nitrogens with one attached hydrogen (secondary N) is 2. The molecule has 34 heavy (non-hydrogen) atoms. The van der Waals surface area contributed by atoms with Crippen LogP contribution in [0.3, 0.4) is 0 Å². The number of aryl methyl sites for hydroxylation is 1. The molecule has 0 radical (unpaired) electrons. The normalized spacial score (nSPS) is 19.6. The van der Waals surface area contributed by atoms with Gasteiger partial charge in [0.05, 0.1) is 11.5 Å². The van der Waals surface area contributed by atoms with Gasteiger partial charge in [-0.1, -0.05) is 35.9 Å². The van der Waals surface area contributed by atoms with Crippen molar-refractivity contribution < 1.29 is 9.59 Å². The van der Waals surface area contributed by atoms with Crippen LogP contribution in [0, 0.1) is 6.92 Å². The highest BCUT2D eigenvalue weighted by Crippen LogP contribution is 2.42. The van der Waals surface area contributed by atoms with Crippen molar-refractivity contribution in [1.29, 1.82) is 0 Å². The SMILES string of the molecule is Cc1cc(C(=O)N2CC[C@@H](N(C)C)C2)c(CC2C(=O)Nc3cccc(-c4cccc(Cl)c4)c32)[nH]1. The first-order valence-corrected chi connectivity index (χ1v) is 12.0. The third-order valence-corrected chi connectivity index (χ3v) is 7.25. The highest BCUT2D eigenvalue weighted by Gasteiger charge is 2.36. The van der Waals surface area contributed by atoms with Crippen LogP contribution >= 0.6 is 11.6 Å². The van der Waals surface area contributed by atoms with Crippen LogP contribution in [-0.4, -0.2) is 59.8 Å². The Morgan fingerprint density at radius 3 is 2.71 bits per heavy atom. The highest BCUT2D eigenvalue weighted by atomic mass is 35.5. The summed E-state index contributed by atoms with van der Waals surface area (Å²) in [6, 6.07) is 15.9. The van der Waals surface area contributed by atoms with Crippen molar-refractivity contribution in [2.75, 3.05) is 32.5 Å². The Morgan fingerprint density at radius 2 is 1.97 bits per heavy atom. The van der Waals surface area contributed by atoms with E-state index in [0.717, 1.165) is 53.3 Å². The molecule has 3 heterocycles. The second kappa shape index (κ2) is 8.93. The Bertz CT molecular complexity index is 1270. The number of likely N-dealkylation sites (N-methyl/N-ethyl adjacent to an activating group) is 1. The van der Waals surface area contributed by atoms with Gasteiger partial charge in [-0.2, -0.15) is 0 Å². The third kappa shape index (κ3) is 4.12. The van der Waals surface area contributed by atoms with Crippen LogP contribution in [0.5, 0.6) is 0 Å². The third-order valence-electron chi connectivity index (χ3n) is 7.02. The maximum absolute atomic E-state index is 13.4. The van der Waals surface area contributed by atoms with Gasteiger partial charge in [-0.05, 0) is 68.4 Å². The Hall–Kier alpha value is -3.09. The topological polar surface area (TPSA) is 68.4 Å². The van der Waals surface area contributed by atoms with Crippen LogP contribution in [-0.2, 0) is 11.2 Å². The first kappa shape index (κ1) is 22.7. The van der Waals surface area contributed by atoms with Gasteiger partial charge < -0.3 is 20.1 Å². The molecule has 0 saturated carbocycles. The van der Waals surface area contributed by atoms with Gasteiger partial charge in [0.15, 0.2) is 0 Å². The number of halogens is 1. The van der Waals surface area contributed by atoms with Crippen LogP contribution in [0.25, 0.3) is 11.1 Å². The summed E-state index contributed by atoms with van der Waals surface area (Å²) in [4.78, 5) is 34.0. The molecule has 2 aliphatic heterocycles. The molecule has 1 unspecified atom stereocenters. The van der Waals surface area contributed by atoms with Crippen LogP contribution in [0.1, 0.15) is 39.6 Å². The van der Waals surface area contributed by atoms with E-state index in [-0.39, 0.29) is 11.8 Å². The molecule has 5 rings (SSSR count). The minimum atomic E-state index is -0.400. The number of anilines is 1. The van der Waals surface area contributed by atoms with Crippen molar-refractivity contribution in [2.24, 2.45) is 0 Å². The molecule has 6 nitrogen and oxygen atoms in total. The zero-order valence-electron chi connectivity index (χ0n) is 19.7. The molecular weight excluding hydrogens is 448 g/mol. The van der Waals surface area contributed by atoms with Crippen molar-refractivity contribution in [3.8, 4) is 11.1 Å². The average molecular weight is 477 g/mol. The van der Waals surface area contributed by atoms with Gasteiger partial charge in [0.25, 0.3) is 5.91 Å². The number of aromatic amines is 1. The summed E-state index contributed by atoms with van der Waals surface area (Å²) < 4.78 is 0. The molecule has 7 heteroatoms. The molecule has 2 N–H and O–H groups in total. The number of carbonyl (C=O) groups excluding carboxylic acids is 2. The van der Waals surface area contributed by atoms with Crippen LogP contribution in [0.4, 0.5) is 5.69 Å². The Balaban J connectivity index is 1.47. The number of H-pyrrole nitrogens is 1. The lowest BCUT2D eigenvalue weighted by atomic mass is 9.88. The molecule has 0 bridgehead atoms. The monoisotopic (exact) mass is 476 g/mol. The van der Waals surface area contributed by atoms with E-state index >= 15 is 0 Å². The molecule has 0 spiro atoms. The number of hydrogen-bond acceptors (Lipinski definition) is 3. The van der Waals surface area contributed by atoms with Gasteiger partial charge in [-0.25, -0.2) is 0 Å². The molecule has 3 aromatic rings.